The number of hydrogen-bond donors (Lipinski definition) is 0. The van der Waals surface area contributed by atoms with Crippen LogP contribution in [0.4, 0.5) is 0 Å². The predicted octanol–water partition coefficient (Wildman–Crippen LogP) is 4.46. The molecular formula is C26H39N3O. The number of hydrogen-bond acceptors (Lipinski definition) is 4. The third kappa shape index (κ3) is 6.39. The van der Waals surface area contributed by atoms with Crippen molar-refractivity contribution in [3.8, 4) is 0 Å². The Morgan fingerprint density at radius 3 is 2.23 bits per heavy atom. The van der Waals surface area contributed by atoms with Crippen LogP contribution in [0.25, 0.3) is 0 Å². The largest absolute Gasteiger partial charge is 0.377 e. The van der Waals surface area contributed by atoms with Gasteiger partial charge in [0.2, 0.25) is 0 Å². The van der Waals surface area contributed by atoms with E-state index < -0.39 is 0 Å². The van der Waals surface area contributed by atoms with Gasteiger partial charge in [-0.1, -0.05) is 74.5 Å². The van der Waals surface area contributed by atoms with Crippen molar-refractivity contribution in [3.05, 3.63) is 71.8 Å². The number of ether oxygens (including phenoxy) is 1. The summed E-state index contributed by atoms with van der Waals surface area (Å²) in [5, 5.41) is 0. The molecule has 0 aliphatic carbocycles. The Hall–Kier alpha value is -1.72. The second kappa shape index (κ2) is 12.2. The van der Waals surface area contributed by atoms with Gasteiger partial charge in [-0.2, -0.15) is 0 Å². The molecule has 1 heterocycles. The van der Waals surface area contributed by atoms with Gasteiger partial charge in [-0.05, 0) is 30.6 Å². The van der Waals surface area contributed by atoms with E-state index in [1.165, 1.54) is 11.1 Å². The molecule has 3 rings (SSSR count). The van der Waals surface area contributed by atoms with Crippen LogP contribution in [0.1, 0.15) is 43.5 Å². The first kappa shape index (κ1) is 23.0. The topological polar surface area (TPSA) is 19.0 Å². The van der Waals surface area contributed by atoms with Crippen molar-refractivity contribution in [1.82, 2.24) is 14.7 Å². The van der Waals surface area contributed by atoms with Crippen LogP contribution in [-0.2, 0) is 4.74 Å². The fourth-order valence-corrected chi connectivity index (χ4v) is 4.53. The van der Waals surface area contributed by atoms with E-state index in [-0.39, 0.29) is 6.10 Å². The fraction of sp³-hybridized carbons (Fsp3) is 0.538. The minimum atomic E-state index is 0.156. The van der Waals surface area contributed by atoms with Crippen LogP contribution in [-0.4, -0.2) is 74.2 Å². The average Bonchev–Trinajstić information content (AvgIpc) is 2.82. The van der Waals surface area contributed by atoms with Gasteiger partial charge in [0.05, 0.1) is 6.10 Å². The van der Waals surface area contributed by atoms with Crippen molar-refractivity contribution in [3.63, 3.8) is 0 Å². The maximum absolute atomic E-state index is 5.84. The van der Waals surface area contributed by atoms with Gasteiger partial charge >= 0.3 is 0 Å². The molecule has 0 spiro atoms. The Kier molecular flexibility index (Phi) is 9.34. The molecule has 2 atom stereocenters. The van der Waals surface area contributed by atoms with E-state index in [4.69, 9.17) is 4.74 Å². The van der Waals surface area contributed by atoms with Crippen molar-refractivity contribution in [2.45, 2.75) is 32.4 Å². The molecule has 0 radical (unpaired) electrons. The lowest BCUT2D eigenvalue weighted by Crippen LogP contribution is -2.50. The van der Waals surface area contributed by atoms with Gasteiger partial charge < -0.3 is 9.64 Å². The molecule has 1 saturated heterocycles. The summed E-state index contributed by atoms with van der Waals surface area (Å²) in [6, 6.07) is 22.1. The Balaban J connectivity index is 1.64. The molecule has 0 saturated carbocycles. The van der Waals surface area contributed by atoms with Crippen LogP contribution in [0, 0.1) is 0 Å². The number of benzene rings is 2. The lowest BCUT2D eigenvalue weighted by atomic mass is 10.0. The van der Waals surface area contributed by atoms with Crippen LogP contribution >= 0.6 is 0 Å². The van der Waals surface area contributed by atoms with Gasteiger partial charge in [0.25, 0.3) is 0 Å². The van der Waals surface area contributed by atoms with Crippen molar-refractivity contribution >= 4 is 0 Å². The van der Waals surface area contributed by atoms with E-state index in [1.807, 2.05) is 7.11 Å². The molecule has 1 aliphatic heterocycles. The molecule has 0 N–H and O–H groups in total. The fourth-order valence-electron chi connectivity index (χ4n) is 4.53. The Morgan fingerprint density at radius 2 is 1.60 bits per heavy atom. The zero-order chi connectivity index (χ0) is 21.2. The molecule has 0 aromatic heterocycles. The third-order valence-electron chi connectivity index (χ3n) is 6.52. The highest BCUT2D eigenvalue weighted by molar-refractivity contribution is 5.21. The molecule has 1 aliphatic rings. The highest BCUT2D eigenvalue weighted by atomic mass is 16.5. The Morgan fingerprint density at radius 1 is 0.933 bits per heavy atom. The number of piperazine rings is 1. The van der Waals surface area contributed by atoms with Gasteiger partial charge in [-0.25, -0.2) is 0 Å². The van der Waals surface area contributed by atoms with Gasteiger partial charge in [0, 0.05) is 52.4 Å². The zero-order valence-corrected chi connectivity index (χ0v) is 19.0. The Labute approximate surface area is 183 Å². The molecule has 1 fully saturated rings. The van der Waals surface area contributed by atoms with E-state index in [2.05, 4.69) is 89.2 Å². The van der Waals surface area contributed by atoms with Gasteiger partial charge in [-0.3, -0.25) is 9.80 Å². The van der Waals surface area contributed by atoms with E-state index in [1.54, 1.807) is 0 Å². The van der Waals surface area contributed by atoms with Crippen LogP contribution in [0.3, 0.4) is 0 Å². The highest BCUT2D eigenvalue weighted by Crippen LogP contribution is 2.28. The lowest BCUT2D eigenvalue weighted by Gasteiger charge is -2.42. The molecule has 2 unspecified atom stereocenters. The molecule has 0 bridgehead atoms. The number of nitrogens with zero attached hydrogens (tertiary/aromatic N) is 3. The maximum atomic E-state index is 5.84. The van der Waals surface area contributed by atoms with Crippen molar-refractivity contribution in [1.29, 1.82) is 0 Å². The first-order chi connectivity index (χ1) is 14.7. The summed E-state index contributed by atoms with van der Waals surface area (Å²) in [7, 11) is 1.83. The first-order valence-electron chi connectivity index (χ1n) is 11.6. The summed E-state index contributed by atoms with van der Waals surface area (Å²) in [5.41, 5.74) is 2.70. The standard InChI is InChI=1S/C26H39N3O/c1-4-27(5-2)18-19-28-20-21-29(25(22-28)23-12-8-6-9-13-23)17-16-26(30-3)24-14-10-7-11-15-24/h6-15,25-26H,4-5,16-22H2,1-3H3. The molecule has 2 aromatic rings. The average molecular weight is 410 g/mol. The maximum Gasteiger partial charge on any atom is 0.0833 e. The van der Waals surface area contributed by atoms with Crippen LogP contribution in [0.15, 0.2) is 60.7 Å². The monoisotopic (exact) mass is 409 g/mol. The van der Waals surface area contributed by atoms with Crippen molar-refractivity contribution in [2.75, 3.05) is 59.5 Å². The molecular weight excluding hydrogens is 370 g/mol. The second-order valence-corrected chi connectivity index (χ2v) is 8.21. The van der Waals surface area contributed by atoms with E-state index in [9.17, 15) is 0 Å². The third-order valence-corrected chi connectivity index (χ3v) is 6.52. The first-order valence-corrected chi connectivity index (χ1v) is 11.6. The van der Waals surface area contributed by atoms with Crippen LogP contribution < -0.4 is 0 Å². The normalized spacial score (nSPS) is 19.3. The van der Waals surface area contributed by atoms with E-state index in [0.29, 0.717) is 6.04 Å². The van der Waals surface area contributed by atoms with Gasteiger partial charge in [0.15, 0.2) is 0 Å². The minimum Gasteiger partial charge on any atom is -0.377 e. The molecule has 30 heavy (non-hydrogen) atoms. The van der Waals surface area contributed by atoms with Crippen LogP contribution in [0.2, 0.25) is 0 Å². The quantitative estimate of drug-likeness (QED) is 0.545. The summed E-state index contributed by atoms with van der Waals surface area (Å²) in [6.07, 6.45) is 1.17. The molecule has 0 amide bonds. The summed E-state index contributed by atoms with van der Waals surface area (Å²) in [5.74, 6) is 0. The molecule has 2 aromatic carbocycles. The minimum absolute atomic E-state index is 0.156. The second-order valence-electron chi connectivity index (χ2n) is 8.21. The van der Waals surface area contributed by atoms with Gasteiger partial charge in [0.1, 0.15) is 0 Å². The van der Waals surface area contributed by atoms with E-state index >= 15 is 0 Å². The lowest BCUT2D eigenvalue weighted by molar-refractivity contribution is 0.0404. The molecule has 4 nitrogen and oxygen atoms in total. The summed E-state index contributed by atoms with van der Waals surface area (Å²) in [6.45, 7) is 13.5. The highest BCUT2D eigenvalue weighted by Gasteiger charge is 2.28. The summed E-state index contributed by atoms with van der Waals surface area (Å²) in [4.78, 5) is 7.84. The SMILES string of the molecule is CCN(CC)CCN1CCN(CCC(OC)c2ccccc2)C(c2ccccc2)C1. The number of likely N-dealkylation sites (N-methyl/N-ethyl adjacent to an activating group) is 1. The summed E-state index contributed by atoms with van der Waals surface area (Å²) >= 11 is 0. The van der Waals surface area contributed by atoms with Crippen LogP contribution in [0.5, 0.6) is 0 Å². The van der Waals surface area contributed by atoms with Crippen molar-refractivity contribution < 1.29 is 4.74 Å². The smallest absolute Gasteiger partial charge is 0.0833 e. The predicted molar refractivity (Wildman–Crippen MR) is 126 cm³/mol. The number of rotatable bonds is 11. The number of methoxy groups -OCH3 is 1. The van der Waals surface area contributed by atoms with Gasteiger partial charge in [-0.15, -0.1) is 0 Å². The zero-order valence-electron chi connectivity index (χ0n) is 19.0. The van der Waals surface area contributed by atoms with Crippen molar-refractivity contribution in [2.24, 2.45) is 0 Å². The Bertz CT molecular complexity index is 705. The molecule has 4 heteroatoms. The summed E-state index contributed by atoms with van der Waals surface area (Å²) < 4.78 is 5.84. The van der Waals surface area contributed by atoms with E-state index in [0.717, 1.165) is 58.8 Å². The molecule has 164 valence electrons.